The molecule has 1 aromatic carbocycles. The van der Waals surface area contributed by atoms with Gasteiger partial charge in [0.15, 0.2) is 0 Å². The molecular weight excluding hydrogens is 219 g/mol. The number of nitrogens with one attached hydrogen (secondary N) is 2. The smallest absolute Gasteiger partial charge is 0.238 e. The van der Waals surface area contributed by atoms with Gasteiger partial charge in [-0.15, -0.1) is 0 Å². The van der Waals surface area contributed by atoms with E-state index < -0.39 is 0 Å². The Labute approximate surface area is 101 Å². The number of anilines is 1. The van der Waals surface area contributed by atoms with E-state index in [1.54, 1.807) is 19.1 Å². The van der Waals surface area contributed by atoms with E-state index in [0.717, 1.165) is 0 Å². The molecule has 0 atom stereocenters. The highest BCUT2D eigenvalue weighted by atomic mass is 19.1. The SMILES string of the molecule is Cc1ccc(NC(=O)CNC(C)(C)C)cc1F. The van der Waals surface area contributed by atoms with Crippen molar-refractivity contribution in [1.29, 1.82) is 0 Å². The third kappa shape index (κ3) is 4.95. The van der Waals surface area contributed by atoms with E-state index in [2.05, 4.69) is 10.6 Å². The van der Waals surface area contributed by atoms with Crippen LogP contribution in [0, 0.1) is 12.7 Å². The number of halogens is 1. The fraction of sp³-hybridized carbons (Fsp3) is 0.462. The molecule has 0 fully saturated rings. The standard InChI is InChI=1S/C13H19FN2O/c1-9-5-6-10(7-11(9)14)16-12(17)8-15-13(2,3)4/h5-7,15H,8H2,1-4H3,(H,16,17). The van der Waals surface area contributed by atoms with Gasteiger partial charge in [-0.1, -0.05) is 6.07 Å². The predicted octanol–water partition coefficient (Wildman–Crippen LogP) is 2.46. The Kier molecular flexibility index (Phi) is 4.23. The normalized spacial score (nSPS) is 11.4. The summed E-state index contributed by atoms with van der Waals surface area (Å²) in [5.41, 5.74) is 0.931. The van der Waals surface area contributed by atoms with E-state index in [1.165, 1.54) is 6.07 Å². The molecule has 4 heteroatoms. The van der Waals surface area contributed by atoms with Gasteiger partial charge in [-0.25, -0.2) is 4.39 Å². The minimum absolute atomic E-state index is 0.115. The van der Waals surface area contributed by atoms with Crippen molar-refractivity contribution in [2.45, 2.75) is 33.2 Å². The van der Waals surface area contributed by atoms with Crippen molar-refractivity contribution >= 4 is 11.6 Å². The molecule has 0 saturated carbocycles. The molecule has 0 radical (unpaired) electrons. The number of carbonyl (C=O) groups is 1. The van der Waals surface area contributed by atoms with Crippen molar-refractivity contribution in [1.82, 2.24) is 5.32 Å². The molecule has 0 spiro atoms. The van der Waals surface area contributed by atoms with Crippen molar-refractivity contribution in [2.75, 3.05) is 11.9 Å². The van der Waals surface area contributed by atoms with Crippen LogP contribution in [0.4, 0.5) is 10.1 Å². The van der Waals surface area contributed by atoms with E-state index in [0.29, 0.717) is 11.3 Å². The molecule has 17 heavy (non-hydrogen) atoms. The lowest BCUT2D eigenvalue weighted by Gasteiger charge is -2.20. The quantitative estimate of drug-likeness (QED) is 0.849. The van der Waals surface area contributed by atoms with Gasteiger partial charge in [-0.3, -0.25) is 4.79 Å². The second-order valence-corrected chi connectivity index (χ2v) is 5.12. The van der Waals surface area contributed by atoms with Gasteiger partial charge in [0.2, 0.25) is 5.91 Å². The van der Waals surface area contributed by atoms with Crippen molar-refractivity contribution in [3.63, 3.8) is 0 Å². The summed E-state index contributed by atoms with van der Waals surface area (Å²) in [6.07, 6.45) is 0. The second-order valence-electron chi connectivity index (χ2n) is 5.12. The Balaban J connectivity index is 2.54. The number of amides is 1. The van der Waals surface area contributed by atoms with E-state index in [9.17, 15) is 9.18 Å². The minimum Gasteiger partial charge on any atom is -0.325 e. The molecular formula is C13H19FN2O. The van der Waals surface area contributed by atoms with Crippen molar-refractivity contribution in [3.8, 4) is 0 Å². The molecule has 0 aliphatic heterocycles. The summed E-state index contributed by atoms with van der Waals surface area (Å²) in [7, 11) is 0. The van der Waals surface area contributed by atoms with Crippen LogP contribution in [0.2, 0.25) is 0 Å². The highest BCUT2D eigenvalue weighted by Crippen LogP contribution is 2.13. The zero-order chi connectivity index (χ0) is 13.1. The minimum atomic E-state index is -0.313. The van der Waals surface area contributed by atoms with Gasteiger partial charge in [0, 0.05) is 11.2 Å². The number of hydrogen-bond donors (Lipinski definition) is 2. The lowest BCUT2D eigenvalue weighted by molar-refractivity contribution is -0.115. The number of carbonyl (C=O) groups excluding carboxylic acids is 1. The van der Waals surface area contributed by atoms with Crippen molar-refractivity contribution in [3.05, 3.63) is 29.6 Å². The van der Waals surface area contributed by atoms with Crippen molar-refractivity contribution < 1.29 is 9.18 Å². The van der Waals surface area contributed by atoms with Gasteiger partial charge in [0.05, 0.1) is 6.54 Å². The molecule has 0 bridgehead atoms. The summed E-state index contributed by atoms with van der Waals surface area (Å²) in [4.78, 5) is 11.6. The monoisotopic (exact) mass is 238 g/mol. The predicted molar refractivity (Wildman–Crippen MR) is 67.5 cm³/mol. The van der Waals surface area contributed by atoms with Crippen LogP contribution in [-0.4, -0.2) is 18.0 Å². The summed E-state index contributed by atoms with van der Waals surface area (Å²) < 4.78 is 13.2. The molecule has 3 nitrogen and oxygen atoms in total. The maximum atomic E-state index is 13.2. The fourth-order valence-electron chi connectivity index (χ4n) is 1.22. The van der Waals surface area contributed by atoms with Crippen molar-refractivity contribution in [2.24, 2.45) is 0 Å². The molecule has 94 valence electrons. The van der Waals surface area contributed by atoms with Gasteiger partial charge < -0.3 is 10.6 Å². The van der Waals surface area contributed by atoms with E-state index in [4.69, 9.17) is 0 Å². The number of rotatable bonds is 3. The summed E-state index contributed by atoms with van der Waals surface area (Å²) in [5, 5.41) is 5.70. The summed E-state index contributed by atoms with van der Waals surface area (Å²) in [6, 6.07) is 4.65. The molecule has 2 N–H and O–H groups in total. The topological polar surface area (TPSA) is 41.1 Å². The van der Waals surface area contributed by atoms with Gasteiger partial charge >= 0.3 is 0 Å². The average molecular weight is 238 g/mol. The molecule has 0 heterocycles. The van der Waals surface area contributed by atoms with E-state index in [-0.39, 0.29) is 23.8 Å². The Hall–Kier alpha value is -1.42. The van der Waals surface area contributed by atoms with Gasteiger partial charge in [-0.05, 0) is 45.4 Å². The average Bonchev–Trinajstić information content (AvgIpc) is 2.20. The number of hydrogen-bond acceptors (Lipinski definition) is 2. The number of benzene rings is 1. The Morgan fingerprint density at radius 3 is 2.53 bits per heavy atom. The molecule has 1 aromatic rings. The first-order chi connectivity index (χ1) is 7.78. The van der Waals surface area contributed by atoms with Crippen LogP contribution in [0.25, 0.3) is 0 Å². The van der Waals surface area contributed by atoms with Crippen LogP contribution < -0.4 is 10.6 Å². The highest BCUT2D eigenvalue weighted by Gasteiger charge is 2.11. The van der Waals surface area contributed by atoms with Crippen LogP contribution in [0.3, 0.4) is 0 Å². The summed E-state index contributed by atoms with van der Waals surface area (Å²) in [6.45, 7) is 7.82. The molecule has 0 aromatic heterocycles. The zero-order valence-corrected chi connectivity index (χ0v) is 10.7. The fourth-order valence-corrected chi connectivity index (χ4v) is 1.22. The maximum Gasteiger partial charge on any atom is 0.238 e. The zero-order valence-electron chi connectivity index (χ0n) is 10.7. The summed E-state index contributed by atoms with van der Waals surface area (Å²) >= 11 is 0. The van der Waals surface area contributed by atoms with Gasteiger partial charge in [-0.2, -0.15) is 0 Å². The molecule has 0 saturated heterocycles. The molecule has 0 aliphatic rings. The first-order valence-electron chi connectivity index (χ1n) is 5.59. The van der Waals surface area contributed by atoms with Crippen LogP contribution in [-0.2, 0) is 4.79 Å². The van der Waals surface area contributed by atoms with Crippen LogP contribution >= 0.6 is 0 Å². The second kappa shape index (κ2) is 5.27. The van der Waals surface area contributed by atoms with E-state index in [1.807, 2.05) is 20.8 Å². The Morgan fingerprint density at radius 1 is 1.35 bits per heavy atom. The first-order valence-corrected chi connectivity index (χ1v) is 5.59. The largest absolute Gasteiger partial charge is 0.325 e. The summed E-state index contributed by atoms with van der Waals surface area (Å²) in [5.74, 6) is -0.491. The van der Waals surface area contributed by atoms with Crippen LogP contribution in [0.5, 0.6) is 0 Å². The van der Waals surface area contributed by atoms with Crippen LogP contribution in [0.1, 0.15) is 26.3 Å². The molecule has 0 aliphatic carbocycles. The lowest BCUT2D eigenvalue weighted by atomic mass is 10.1. The van der Waals surface area contributed by atoms with Gasteiger partial charge in [0.1, 0.15) is 5.82 Å². The number of aryl methyl sites for hydroxylation is 1. The van der Waals surface area contributed by atoms with Gasteiger partial charge in [0.25, 0.3) is 0 Å². The molecule has 0 unspecified atom stereocenters. The van der Waals surface area contributed by atoms with Crippen LogP contribution in [0.15, 0.2) is 18.2 Å². The highest BCUT2D eigenvalue weighted by molar-refractivity contribution is 5.92. The third-order valence-electron chi connectivity index (χ3n) is 2.23. The Bertz CT molecular complexity index is 410. The Morgan fingerprint density at radius 2 is 2.00 bits per heavy atom. The maximum absolute atomic E-state index is 13.2. The third-order valence-corrected chi connectivity index (χ3v) is 2.23. The molecule has 1 rings (SSSR count). The first kappa shape index (κ1) is 13.6. The van der Waals surface area contributed by atoms with E-state index >= 15 is 0 Å². The lowest BCUT2D eigenvalue weighted by Crippen LogP contribution is -2.41. The molecule has 1 amide bonds.